The third kappa shape index (κ3) is 5.33. The Kier molecular flexibility index (Phi) is 7.66. The fraction of sp³-hybridized carbons (Fsp3) is 0.300. The average Bonchev–Trinajstić information content (AvgIpc) is 2.64. The van der Waals surface area contributed by atoms with Gasteiger partial charge < -0.3 is 14.2 Å². The summed E-state index contributed by atoms with van der Waals surface area (Å²) in [6, 6.07) is 9.69. The zero-order valence-electron chi connectivity index (χ0n) is 14.8. The Hall–Kier alpha value is -2.34. The summed E-state index contributed by atoms with van der Waals surface area (Å²) in [7, 11) is 0. The normalized spacial score (nSPS) is 10.3. The van der Waals surface area contributed by atoms with Crippen LogP contribution in [0.2, 0.25) is 0 Å². The predicted molar refractivity (Wildman–Crippen MR) is 103 cm³/mol. The molecule has 138 valence electrons. The molecule has 0 spiro atoms. The molecule has 2 aromatic rings. The van der Waals surface area contributed by atoms with Gasteiger partial charge in [0.25, 0.3) is 0 Å². The van der Waals surface area contributed by atoms with Crippen LogP contribution in [-0.2, 0) is 0 Å². The lowest BCUT2D eigenvalue weighted by Gasteiger charge is -2.12. The van der Waals surface area contributed by atoms with Gasteiger partial charge in [0.15, 0.2) is 11.5 Å². The molecule has 0 fully saturated rings. The van der Waals surface area contributed by atoms with Crippen LogP contribution >= 0.6 is 15.9 Å². The molecule has 0 bridgehead atoms. The highest BCUT2D eigenvalue weighted by atomic mass is 79.9. The third-order valence-corrected chi connectivity index (χ3v) is 4.15. The molecule has 0 aromatic heterocycles. The number of halogens is 1. The van der Waals surface area contributed by atoms with Gasteiger partial charge in [-0.1, -0.05) is 13.3 Å². The Labute approximate surface area is 161 Å². The van der Waals surface area contributed by atoms with Crippen molar-refractivity contribution in [3.63, 3.8) is 0 Å². The van der Waals surface area contributed by atoms with Gasteiger partial charge >= 0.3 is 5.97 Å². The van der Waals surface area contributed by atoms with E-state index in [0.717, 1.165) is 12.8 Å². The second-order valence-electron chi connectivity index (χ2n) is 5.49. The first-order chi connectivity index (χ1) is 12.6. The van der Waals surface area contributed by atoms with Gasteiger partial charge in [-0.25, -0.2) is 4.79 Å². The number of carbonyl (C=O) groups is 2. The van der Waals surface area contributed by atoms with Crippen molar-refractivity contribution in [2.24, 2.45) is 0 Å². The molecule has 0 saturated heterocycles. The molecule has 2 rings (SSSR count). The molecule has 0 atom stereocenters. The molecular weight excluding hydrogens is 400 g/mol. The van der Waals surface area contributed by atoms with Crippen LogP contribution < -0.4 is 14.2 Å². The lowest BCUT2D eigenvalue weighted by atomic mass is 10.2. The lowest BCUT2D eigenvalue weighted by molar-refractivity contribution is 0.0728. The van der Waals surface area contributed by atoms with Gasteiger partial charge in [0.2, 0.25) is 0 Å². The summed E-state index contributed by atoms with van der Waals surface area (Å²) in [6.07, 6.45) is 2.73. The minimum absolute atomic E-state index is 0.266. The highest BCUT2D eigenvalue weighted by Gasteiger charge is 2.15. The largest absolute Gasteiger partial charge is 0.492 e. The Morgan fingerprint density at radius 1 is 1.04 bits per heavy atom. The van der Waals surface area contributed by atoms with Gasteiger partial charge in [-0.3, -0.25) is 4.79 Å². The number of hydrogen-bond acceptors (Lipinski definition) is 5. The molecule has 2 aromatic carbocycles. The second kappa shape index (κ2) is 9.97. The molecule has 0 heterocycles. The van der Waals surface area contributed by atoms with Crippen molar-refractivity contribution in [1.82, 2.24) is 0 Å². The van der Waals surface area contributed by atoms with Crippen LogP contribution in [-0.4, -0.2) is 25.5 Å². The predicted octanol–water partition coefficient (Wildman–Crippen LogP) is 5.06. The van der Waals surface area contributed by atoms with Crippen molar-refractivity contribution in [3.8, 4) is 17.2 Å². The number of rotatable bonds is 9. The minimum atomic E-state index is -0.523. The number of carbonyl (C=O) groups excluding carboxylic acids is 2. The monoisotopic (exact) mass is 420 g/mol. The van der Waals surface area contributed by atoms with E-state index >= 15 is 0 Å². The van der Waals surface area contributed by atoms with Gasteiger partial charge in [0.1, 0.15) is 12.0 Å². The van der Waals surface area contributed by atoms with Crippen LogP contribution in [0.25, 0.3) is 0 Å². The van der Waals surface area contributed by atoms with E-state index < -0.39 is 5.97 Å². The summed E-state index contributed by atoms with van der Waals surface area (Å²) >= 11 is 3.41. The van der Waals surface area contributed by atoms with E-state index in [1.165, 1.54) is 0 Å². The van der Waals surface area contributed by atoms with Crippen molar-refractivity contribution in [3.05, 3.63) is 52.0 Å². The summed E-state index contributed by atoms with van der Waals surface area (Å²) in [6.45, 7) is 4.92. The van der Waals surface area contributed by atoms with Crippen molar-refractivity contribution in [1.29, 1.82) is 0 Å². The Balaban J connectivity index is 2.14. The molecule has 0 aliphatic heterocycles. The highest BCUT2D eigenvalue weighted by molar-refractivity contribution is 9.10. The van der Waals surface area contributed by atoms with Crippen LogP contribution in [0.3, 0.4) is 0 Å². The molecule has 26 heavy (non-hydrogen) atoms. The van der Waals surface area contributed by atoms with E-state index in [9.17, 15) is 9.59 Å². The number of benzene rings is 2. The van der Waals surface area contributed by atoms with Gasteiger partial charge in [-0.2, -0.15) is 0 Å². The van der Waals surface area contributed by atoms with E-state index in [-0.39, 0.29) is 5.75 Å². The number of unbranched alkanes of at least 4 members (excludes halogenated alkanes) is 1. The van der Waals surface area contributed by atoms with E-state index in [1.54, 1.807) is 36.4 Å². The van der Waals surface area contributed by atoms with Crippen LogP contribution in [0.4, 0.5) is 0 Å². The van der Waals surface area contributed by atoms with E-state index in [1.807, 2.05) is 6.92 Å². The molecule has 0 unspecified atom stereocenters. The lowest BCUT2D eigenvalue weighted by Crippen LogP contribution is -2.10. The Morgan fingerprint density at radius 2 is 1.81 bits per heavy atom. The average molecular weight is 421 g/mol. The fourth-order valence-electron chi connectivity index (χ4n) is 2.18. The molecule has 6 heteroatoms. The number of aldehydes is 1. The first kappa shape index (κ1) is 20.0. The van der Waals surface area contributed by atoms with Crippen LogP contribution in [0.1, 0.15) is 47.4 Å². The van der Waals surface area contributed by atoms with Gasteiger partial charge in [0.05, 0.1) is 23.2 Å². The molecule has 0 aliphatic rings. The number of hydrogen-bond donors (Lipinski definition) is 0. The van der Waals surface area contributed by atoms with E-state index in [4.69, 9.17) is 14.2 Å². The minimum Gasteiger partial charge on any atom is -0.492 e. The zero-order chi connectivity index (χ0) is 18.9. The number of ether oxygens (including phenoxy) is 3. The van der Waals surface area contributed by atoms with Crippen LogP contribution in [0.5, 0.6) is 17.2 Å². The second-order valence-corrected chi connectivity index (χ2v) is 6.35. The fourth-order valence-corrected chi connectivity index (χ4v) is 2.67. The van der Waals surface area contributed by atoms with Crippen LogP contribution in [0.15, 0.2) is 40.9 Å². The van der Waals surface area contributed by atoms with Crippen LogP contribution in [0, 0.1) is 0 Å². The van der Waals surface area contributed by atoms with E-state index in [0.29, 0.717) is 46.6 Å². The Morgan fingerprint density at radius 3 is 2.46 bits per heavy atom. The molecule has 0 aliphatic carbocycles. The molecule has 5 nitrogen and oxygen atoms in total. The molecular formula is C20H21BrO5. The highest BCUT2D eigenvalue weighted by Crippen LogP contribution is 2.30. The standard InChI is InChI=1S/C20H21BrO5/c1-3-5-10-25-17-9-7-15(12-16(17)21)20(23)26-18-8-6-14(13-22)11-19(18)24-4-2/h6-9,11-13H,3-5,10H2,1-2H3. The molecule has 0 N–H and O–H groups in total. The molecule has 0 amide bonds. The van der Waals surface area contributed by atoms with E-state index in [2.05, 4.69) is 22.9 Å². The third-order valence-electron chi connectivity index (χ3n) is 3.53. The molecule has 0 saturated carbocycles. The van der Waals surface area contributed by atoms with Gasteiger partial charge in [0, 0.05) is 5.56 Å². The molecule has 0 radical (unpaired) electrons. The van der Waals surface area contributed by atoms with Crippen molar-refractivity contribution >= 4 is 28.2 Å². The van der Waals surface area contributed by atoms with Crippen molar-refractivity contribution < 1.29 is 23.8 Å². The Bertz CT molecular complexity index is 773. The van der Waals surface area contributed by atoms with Crippen molar-refractivity contribution in [2.75, 3.05) is 13.2 Å². The quantitative estimate of drug-likeness (QED) is 0.245. The zero-order valence-corrected chi connectivity index (χ0v) is 16.4. The summed E-state index contributed by atoms with van der Waals surface area (Å²) < 4.78 is 17.2. The maximum absolute atomic E-state index is 12.4. The topological polar surface area (TPSA) is 61.8 Å². The summed E-state index contributed by atoms with van der Waals surface area (Å²) in [4.78, 5) is 23.3. The summed E-state index contributed by atoms with van der Waals surface area (Å²) in [5, 5.41) is 0. The summed E-state index contributed by atoms with van der Waals surface area (Å²) in [5.41, 5.74) is 0.825. The maximum atomic E-state index is 12.4. The smallest absolute Gasteiger partial charge is 0.343 e. The summed E-state index contributed by atoms with van der Waals surface area (Å²) in [5.74, 6) is 0.775. The van der Waals surface area contributed by atoms with Crippen molar-refractivity contribution in [2.45, 2.75) is 26.7 Å². The SMILES string of the molecule is CCCCOc1ccc(C(=O)Oc2ccc(C=O)cc2OCC)cc1Br. The number of esters is 1. The first-order valence-electron chi connectivity index (χ1n) is 8.45. The maximum Gasteiger partial charge on any atom is 0.343 e. The van der Waals surface area contributed by atoms with Gasteiger partial charge in [-0.05, 0) is 65.7 Å². The van der Waals surface area contributed by atoms with Gasteiger partial charge in [-0.15, -0.1) is 0 Å². The first-order valence-corrected chi connectivity index (χ1v) is 9.24.